The highest BCUT2D eigenvalue weighted by molar-refractivity contribution is 6.33. The lowest BCUT2D eigenvalue weighted by atomic mass is 9.97. The van der Waals surface area contributed by atoms with Crippen molar-refractivity contribution in [2.24, 2.45) is 9.98 Å². The summed E-state index contributed by atoms with van der Waals surface area (Å²) < 4.78 is 5.81. The molecule has 1 unspecified atom stereocenters. The number of aromatic nitrogens is 1. The van der Waals surface area contributed by atoms with Gasteiger partial charge in [0, 0.05) is 24.5 Å². The van der Waals surface area contributed by atoms with Gasteiger partial charge in [-0.3, -0.25) is 10.3 Å². The molecule has 1 atom stereocenters. The number of amidine groups is 1. The molecule has 8 heteroatoms. The molecular formula is C24H27ClN6O. The van der Waals surface area contributed by atoms with Crippen LogP contribution in [-0.4, -0.2) is 29.9 Å². The van der Waals surface area contributed by atoms with Gasteiger partial charge in [0.25, 0.3) is 0 Å². The monoisotopic (exact) mass is 450 g/mol. The van der Waals surface area contributed by atoms with Crippen LogP contribution in [0, 0.1) is 0 Å². The molecule has 0 saturated carbocycles. The molecule has 32 heavy (non-hydrogen) atoms. The Morgan fingerprint density at radius 2 is 2.00 bits per heavy atom. The molecular weight excluding hydrogens is 424 g/mol. The normalized spacial score (nSPS) is 18.2. The van der Waals surface area contributed by atoms with Gasteiger partial charge in [0.05, 0.1) is 16.9 Å². The SMILES string of the molecule is CC1=CNC2=NC=NC(NCCc3ccc(Oc4cncc(Cl)c4N)cc3)C2=C(C)CC1. The Hall–Kier alpha value is -3.16. The summed E-state index contributed by atoms with van der Waals surface area (Å²) in [6.45, 7) is 5.09. The van der Waals surface area contributed by atoms with Crippen LogP contribution in [0.1, 0.15) is 32.3 Å². The average molecular weight is 451 g/mol. The van der Waals surface area contributed by atoms with Crippen molar-refractivity contribution >= 4 is 29.5 Å². The van der Waals surface area contributed by atoms with E-state index >= 15 is 0 Å². The maximum Gasteiger partial charge on any atom is 0.170 e. The van der Waals surface area contributed by atoms with Gasteiger partial charge >= 0.3 is 0 Å². The highest BCUT2D eigenvalue weighted by atomic mass is 35.5. The van der Waals surface area contributed by atoms with Gasteiger partial charge < -0.3 is 15.8 Å². The summed E-state index contributed by atoms with van der Waals surface area (Å²) in [6.07, 6.45) is 9.53. The quantitative estimate of drug-likeness (QED) is 0.597. The van der Waals surface area contributed by atoms with Crippen molar-refractivity contribution in [3.8, 4) is 11.5 Å². The minimum atomic E-state index is -0.0947. The third-order valence-electron chi connectivity index (χ3n) is 5.55. The molecule has 0 radical (unpaired) electrons. The number of ether oxygens (including phenoxy) is 1. The number of benzene rings is 1. The molecule has 1 aromatic heterocycles. The Morgan fingerprint density at radius 3 is 2.81 bits per heavy atom. The molecule has 7 nitrogen and oxygen atoms in total. The molecule has 4 rings (SSSR count). The highest BCUT2D eigenvalue weighted by Gasteiger charge is 2.23. The minimum Gasteiger partial charge on any atom is -0.454 e. The summed E-state index contributed by atoms with van der Waals surface area (Å²) in [7, 11) is 0. The first-order valence-electron chi connectivity index (χ1n) is 10.6. The smallest absolute Gasteiger partial charge is 0.170 e. The lowest BCUT2D eigenvalue weighted by Crippen LogP contribution is -2.40. The van der Waals surface area contributed by atoms with E-state index in [0.717, 1.165) is 37.2 Å². The molecule has 0 spiro atoms. The maximum absolute atomic E-state index is 6.00. The second-order valence-electron chi connectivity index (χ2n) is 7.96. The number of aliphatic imine (C=N–C) groups is 2. The van der Waals surface area contributed by atoms with E-state index in [-0.39, 0.29) is 6.17 Å². The maximum atomic E-state index is 6.00. The summed E-state index contributed by atoms with van der Waals surface area (Å²) >= 11 is 6.00. The number of nitrogens with one attached hydrogen (secondary N) is 2. The van der Waals surface area contributed by atoms with Crippen molar-refractivity contribution < 1.29 is 4.74 Å². The zero-order valence-electron chi connectivity index (χ0n) is 18.2. The lowest BCUT2D eigenvalue weighted by molar-refractivity contribution is 0.482. The van der Waals surface area contributed by atoms with E-state index < -0.39 is 0 Å². The molecule has 2 aliphatic rings. The fourth-order valence-electron chi connectivity index (χ4n) is 3.63. The van der Waals surface area contributed by atoms with Gasteiger partial charge in [-0.1, -0.05) is 34.9 Å². The molecule has 4 N–H and O–H groups in total. The number of halogens is 1. The molecule has 2 aromatic rings. The first-order valence-corrected chi connectivity index (χ1v) is 11.0. The van der Waals surface area contributed by atoms with Crippen molar-refractivity contribution in [1.29, 1.82) is 0 Å². The van der Waals surface area contributed by atoms with Crippen molar-refractivity contribution in [1.82, 2.24) is 15.6 Å². The van der Waals surface area contributed by atoms with Crippen molar-refractivity contribution in [2.45, 2.75) is 39.3 Å². The van der Waals surface area contributed by atoms with Gasteiger partial charge in [0.15, 0.2) is 5.75 Å². The first kappa shape index (κ1) is 22.0. The number of hydrogen-bond donors (Lipinski definition) is 3. The molecule has 166 valence electrons. The average Bonchev–Trinajstić information content (AvgIpc) is 2.79. The number of rotatable bonds is 6. The van der Waals surface area contributed by atoms with Crippen molar-refractivity contribution in [3.63, 3.8) is 0 Å². The topological polar surface area (TPSA) is 96.9 Å². The predicted molar refractivity (Wildman–Crippen MR) is 130 cm³/mol. The zero-order chi connectivity index (χ0) is 22.5. The third-order valence-corrected chi connectivity index (χ3v) is 5.85. The van der Waals surface area contributed by atoms with Gasteiger partial charge in [-0.2, -0.15) is 0 Å². The van der Waals surface area contributed by atoms with Crippen LogP contribution in [0.15, 0.2) is 69.6 Å². The van der Waals surface area contributed by atoms with Crippen LogP contribution in [0.3, 0.4) is 0 Å². The molecule has 0 fully saturated rings. The van der Waals surface area contributed by atoms with Crippen LogP contribution in [0.4, 0.5) is 5.69 Å². The van der Waals surface area contributed by atoms with Gasteiger partial charge in [0.1, 0.15) is 24.1 Å². The lowest BCUT2D eigenvalue weighted by Gasteiger charge is -2.26. The molecule has 3 heterocycles. The second kappa shape index (κ2) is 9.97. The number of anilines is 1. The summed E-state index contributed by atoms with van der Waals surface area (Å²) in [5.41, 5.74) is 11.3. The van der Waals surface area contributed by atoms with Crippen molar-refractivity contribution in [3.05, 3.63) is 70.2 Å². The molecule has 0 bridgehead atoms. The minimum absolute atomic E-state index is 0.0947. The van der Waals surface area contributed by atoms with Gasteiger partial charge in [0.2, 0.25) is 0 Å². The number of nitrogen functional groups attached to an aromatic ring is 1. The van der Waals surface area contributed by atoms with Crippen LogP contribution in [0.25, 0.3) is 0 Å². The van der Waals surface area contributed by atoms with E-state index in [1.165, 1.54) is 22.9 Å². The summed E-state index contributed by atoms with van der Waals surface area (Å²) in [4.78, 5) is 13.0. The number of allylic oxidation sites excluding steroid dienone is 2. The fraction of sp³-hybridized carbons (Fsp3) is 0.292. The predicted octanol–water partition coefficient (Wildman–Crippen LogP) is 4.61. The Morgan fingerprint density at radius 1 is 1.19 bits per heavy atom. The summed E-state index contributed by atoms with van der Waals surface area (Å²) in [6, 6.07) is 7.91. The van der Waals surface area contributed by atoms with Gasteiger partial charge in [-0.25, -0.2) is 9.98 Å². The van der Waals surface area contributed by atoms with E-state index in [4.69, 9.17) is 22.1 Å². The third kappa shape index (κ3) is 5.18. The van der Waals surface area contributed by atoms with Crippen molar-refractivity contribution in [2.75, 3.05) is 12.3 Å². The standard InChI is InChI=1S/C24H27ClN6O/c1-15-3-4-16(2)21-23(30-14-31-24(21)29-11-15)28-10-9-17-5-7-18(8-6-17)32-20-13-27-12-19(25)22(20)26/h5-8,11-14,23,28H,3-4,9-10H2,1-2H3,(H2,26,27)(H,29,30,31). The van der Waals surface area contributed by atoms with E-state index in [1.807, 2.05) is 30.5 Å². The van der Waals surface area contributed by atoms with Gasteiger partial charge in [-0.05, 0) is 50.8 Å². The Labute approximate surface area is 193 Å². The van der Waals surface area contributed by atoms with Gasteiger partial charge in [-0.15, -0.1) is 0 Å². The van der Waals surface area contributed by atoms with E-state index in [1.54, 1.807) is 12.5 Å². The van der Waals surface area contributed by atoms with E-state index in [2.05, 4.69) is 39.4 Å². The number of nitrogens with zero attached hydrogens (tertiary/aromatic N) is 3. The zero-order valence-corrected chi connectivity index (χ0v) is 19.0. The Bertz CT molecular complexity index is 1100. The molecule has 0 amide bonds. The molecule has 0 saturated heterocycles. The number of pyridine rings is 1. The highest BCUT2D eigenvalue weighted by Crippen LogP contribution is 2.31. The Kier molecular flexibility index (Phi) is 6.87. The summed E-state index contributed by atoms with van der Waals surface area (Å²) in [5.74, 6) is 2.01. The van der Waals surface area contributed by atoms with Crippen LogP contribution >= 0.6 is 11.6 Å². The van der Waals surface area contributed by atoms with Crippen LogP contribution in [-0.2, 0) is 6.42 Å². The molecule has 2 aliphatic heterocycles. The first-order chi connectivity index (χ1) is 15.5. The summed E-state index contributed by atoms with van der Waals surface area (Å²) in [5, 5.41) is 7.27. The van der Waals surface area contributed by atoms with E-state index in [9.17, 15) is 0 Å². The molecule has 0 aliphatic carbocycles. The van der Waals surface area contributed by atoms with Crippen LogP contribution in [0.2, 0.25) is 5.02 Å². The molecule has 1 aromatic carbocycles. The largest absolute Gasteiger partial charge is 0.454 e. The number of fused-ring (bicyclic) bond motifs is 1. The second-order valence-corrected chi connectivity index (χ2v) is 8.36. The fourth-order valence-corrected chi connectivity index (χ4v) is 3.78. The van der Waals surface area contributed by atoms with Crippen LogP contribution < -0.4 is 21.1 Å². The Balaban J connectivity index is 1.35. The number of hydrogen-bond acceptors (Lipinski definition) is 7. The van der Waals surface area contributed by atoms with Crippen LogP contribution in [0.5, 0.6) is 11.5 Å². The number of nitrogens with two attached hydrogens (primary N) is 1. The van der Waals surface area contributed by atoms with E-state index in [0.29, 0.717) is 22.2 Å².